The average Bonchev–Trinajstić information content (AvgIpc) is 2.47. The molecule has 2 aromatic rings. The van der Waals surface area contributed by atoms with Crippen molar-refractivity contribution in [3.63, 3.8) is 0 Å². The molecular formula is C16H17NO2. The predicted octanol–water partition coefficient (Wildman–Crippen LogP) is 3.48. The van der Waals surface area contributed by atoms with Crippen molar-refractivity contribution < 1.29 is 9.53 Å². The standard InChI is InChI=1S/C16H17NO2/c1-2-19-16(18)14-9-6-10-15(11-14)17-12-13-7-4-3-5-8-13/h3-11,17H,2,12H2,1H3. The highest BCUT2D eigenvalue weighted by Crippen LogP contribution is 2.13. The normalized spacial score (nSPS) is 9.95. The molecule has 0 fully saturated rings. The second-order valence-electron chi connectivity index (χ2n) is 4.14. The molecule has 2 aromatic carbocycles. The highest BCUT2D eigenvalue weighted by Gasteiger charge is 2.06. The summed E-state index contributed by atoms with van der Waals surface area (Å²) in [6.07, 6.45) is 0. The van der Waals surface area contributed by atoms with Crippen molar-refractivity contribution in [2.24, 2.45) is 0 Å². The number of rotatable bonds is 5. The lowest BCUT2D eigenvalue weighted by Crippen LogP contribution is -2.06. The number of nitrogens with one attached hydrogen (secondary N) is 1. The number of esters is 1. The minimum absolute atomic E-state index is 0.286. The van der Waals surface area contributed by atoms with Crippen LogP contribution in [0, 0.1) is 0 Å². The van der Waals surface area contributed by atoms with E-state index >= 15 is 0 Å². The van der Waals surface area contributed by atoms with Crippen LogP contribution in [0.5, 0.6) is 0 Å². The van der Waals surface area contributed by atoms with Crippen LogP contribution in [0.1, 0.15) is 22.8 Å². The molecule has 98 valence electrons. The average molecular weight is 255 g/mol. The molecule has 2 rings (SSSR count). The fourth-order valence-electron chi connectivity index (χ4n) is 1.77. The summed E-state index contributed by atoms with van der Waals surface area (Å²) in [4.78, 5) is 11.6. The van der Waals surface area contributed by atoms with Crippen molar-refractivity contribution in [2.45, 2.75) is 13.5 Å². The Balaban J connectivity index is 2.01. The van der Waals surface area contributed by atoms with Gasteiger partial charge in [-0.3, -0.25) is 0 Å². The summed E-state index contributed by atoms with van der Waals surface area (Å²) < 4.78 is 4.98. The first kappa shape index (κ1) is 13.1. The van der Waals surface area contributed by atoms with Gasteiger partial charge in [-0.15, -0.1) is 0 Å². The van der Waals surface area contributed by atoms with E-state index < -0.39 is 0 Å². The van der Waals surface area contributed by atoms with E-state index in [0.717, 1.165) is 12.2 Å². The number of hydrogen-bond donors (Lipinski definition) is 1. The Kier molecular flexibility index (Phi) is 4.56. The summed E-state index contributed by atoms with van der Waals surface area (Å²) in [5.74, 6) is -0.286. The maximum Gasteiger partial charge on any atom is 0.338 e. The van der Waals surface area contributed by atoms with Crippen LogP contribution in [-0.4, -0.2) is 12.6 Å². The van der Waals surface area contributed by atoms with Gasteiger partial charge in [-0.05, 0) is 30.7 Å². The highest BCUT2D eigenvalue weighted by atomic mass is 16.5. The molecule has 0 amide bonds. The quantitative estimate of drug-likeness (QED) is 0.831. The van der Waals surface area contributed by atoms with Crippen molar-refractivity contribution in [2.75, 3.05) is 11.9 Å². The molecule has 0 spiro atoms. The number of anilines is 1. The molecule has 0 aliphatic heterocycles. The molecule has 0 heterocycles. The van der Waals surface area contributed by atoms with Crippen molar-refractivity contribution in [3.8, 4) is 0 Å². The van der Waals surface area contributed by atoms with E-state index in [1.807, 2.05) is 30.3 Å². The summed E-state index contributed by atoms with van der Waals surface area (Å²) >= 11 is 0. The van der Waals surface area contributed by atoms with Crippen molar-refractivity contribution in [1.82, 2.24) is 0 Å². The lowest BCUT2D eigenvalue weighted by atomic mass is 10.2. The SMILES string of the molecule is CCOC(=O)c1cccc(NCc2ccccc2)c1. The first-order valence-corrected chi connectivity index (χ1v) is 6.34. The summed E-state index contributed by atoms with van der Waals surface area (Å²) in [6, 6.07) is 17.5. The Morgan fingerprint density at radius 1 is 1.11 bits per heavy atom. The smallest absolute Gasteiger partial charge is 0.338 e. The van der Waals surface area contributed by atoms with Gasteiger partial charge >= 0.3 is 5.97 Å². The summed E-state index contributed by atoms with van der Waals surface area (Å²) in [7, 11) is 0. The van der Waals surface area contributed by atoms with Crippen LogP contribution in [0.3, 0.4) is 0 Å². The Labute approximate surface area is 113 Å². The van der Waals surface area contributed by atoms with Gasteiger partial charge in [0.15, 0.2) is 0 Å². The molecule has 3 heteroatoms. The molecule has 0 unspecified atom stereocenters. The fourth-order valence-corrected chi connectivity index (χ4v) is 1.77. The Bertz CT molecular complexity index is 537. The van der Waals surface area contributed by atoms with Gasteiger partial charge in [0.2, 0.25) is 0 Å². The Morgan fingerprint density at radius 3 is 2.63 bits per heavy atom. The molecule has 0 atom stereocenters. The first-order valence-electron chi connectivity index (χ1n) is 6.34. The van der Waals surface area contributed by atoms with Crippen LogP contribution in [0.15, 0.2) is 54.6 Å². The van der Waals surface area contributed by atoms with Gasteiger partial charge in [-0.25, -0.2) is 4.79 Å². The topological polar surface area (TPSA) is 38.3 Å². The zero-order chi connectivity index (χ0) is 13.5. The van der Waals surface area contributed by atoms with E-state index in [9.17, 15) is 4.79 Å². The molecular weight excluding hydrogens is 238 g/mol. The summed E-state index contributed by atoms with van der Waals surface area (Å²) in [5.41, 5.74) is 2.68. The minimum atomic E-state index is -0.286. The first-order chi connectivity index (χ1) is 9.29. The van der Waals surface area contributed by atoms with Crippen LogP contribution in [-0.2, 0) is 11.3 Å². The third kappa shape index (κ3) is 3.85. The molecule has 3 nitrogen and oxygen atoms in total. The monoisotopic (exact) mass is 255 g/mol. The molecule has 0 aromatic heterocycles. The summed E-state index contributed by atoms with van der Waals surface area (Å²) in [5, 5.41) is 3.29. The van der Waals surface area contributed by atoms with E-state index in [0.29, 0.717) is 12.2 Å². The number of ether oxygens (including phenoxy) is 1. The maximum absolute atomic E-state index is 11.6. The third-order valence-electron chi connectivity index (χ3n) is 2.71. The van der Waals surface area contributed by atoms with E-state index in [4.69, 9.17) is 4.74 Å². The van der Waals surface area contributed by atoms with Crippen LogP contribution in [0.2, 0.25) is 0 Å². The molecule has 0 aliphatic carbocycles. The molecule has 0 saturated carbocycles. The van der Waals surface area contributed by atoms with E-state index in [1.54, 1.807) is 19.1 Å². The molecule has 19 heavy (non-hydrogen) atoms. The predicted molar refractivity (Wildman–Crippen MR) is 76.2 cm³/mol. The largest absolute Gasteiger partial charge is 0.462 e. The third-order valence-corrected chi connectivity index (χ3v) is 2.71. The second kappa shape index (κ2) is 6.59. The lowest BCUT2D eigenvalue weighted by Gasteiger charge is -2.08. The fraction of sp³-hybridized carbons (Fsp3) is 0.188. The Morgan fingerprint density at radius 2 is 1.89 bits per heavy atom. The van der Waals surface area contributed by atoms with Gasteiger partial charge in [-0.2, -0.15) is 0 Å². The zero-order valence-electron chi connectivity index (χ0n) is 10.9. The highest BCUT2D eigenvalue weighted by molar-refractivity contribution is 5.90. The number of benzene rings is 2. The minimum Gasteiger partial charge on any atom is -0.462 e. The zero-order valence-corrected chi connectivity index (χ0v) is 10.9. The van der Waals surface area contributed by atoms with E-state index in [-0.39, 0.29) is 5.97 Å². The van der Waals surface area contributed by atoms with E-state index in [1.165, 1.54) is 5.56 Å². The second-order valence-corrected chi connectivity index (χ2v) is 4.14. The molecule has 1 N–H and O–H groups in total. The number of carbonyl (C=O) groups excluding carboxylic acids is 1. The number of hydrogen-bond acceptors (Lipinski definition) is 3. The van der Waals surface area contributed by atoms with Gasteiger partial charge in [0, 0.05) is 12.2 Å². The van der Waals surface area contributed by atoms with Crippen LogP contribution < -0.4 is 5.32 Å². The van der Waals surface area contributed by atoms with Crippen molar-refractivity contribution in [3.05, 3.63) is 65.7 Å². The van der Waals surface area contributed by atoms with Crippen molar-refractivity contribution >= 4 is 11.7 Å². The van der Waals surface area contributed by atoms with Gasteiger partial charge < -0.3 is 10.1 Å². The van der Waals surface area contributed by atoms with Gasteiger partial charge in [0.05, 0.1) is 12.2 Å². The van der Waals surface area contributed by atoms with Gasteiger partial charge in [0.1, 0.15) is 0 Å². The molecule has 0 radical (unpaired) electrons. The van der Waals surface area contributed by atoms with Gasteiger partial charge in [-0.1, -0.05) is 36.4 Å². The van der Waals surface area contributed by atoms with Crippen LogP contribution >= 0.6 is 0 Å². The Hall–Kier alpha value is -2.29. The number of carbonyl (C=O) groups is 1. The molecule has 0 aliphatic rings. The summed E-state index contributed by atoms with van der Waals surface area (Å²) in [6.45, 7) is 2.92. The van der Waals surface area contributed by atoms with Crippen LogP contribution in [0.25, 0.3) is 0 Å². The lowest BCUT2D eigenvalue weighted by molar-refractivity contribution is 0.0526. The van der Waals surface area contributed by atoms with Crippen molar-refractivity contribution in [1.29, 1.82) is 0 Å². The van der Waals surface area contributed by atoms with Crippen LogP contribution in [0.4, 0.5) is 5.69 Å². The molecule has 0 saturated heterocycles. The molecule has 0 bridgehead atoms. The van der Waals surface area contributed by atoms with Gasteiger partial charge in [0.25, 0.3) is 0 Å². The maximum atomic E-state index is 11.6. The van der Waals surface area contributed by atoms with E-state index in [2.05, 4.69) is 17.4 Å².